The number of nitrogens with two attached hydrogens (primary N) is 1. The van der Waals surface area contributed by atoms with Gasteiger partial charge in [0.15, 0.2) is 0 Å². The van der Waals surface area contributed by atoms with Gasteiger partial charge in [0.1, 0.15) is 12.4 Å². The minimum absolute atomic E-state index is 0.490. The van der Waals surface area contributed by atoms with Crippen LogP contribution in [0.2, 0.25) is 5.02 Å². The highest BCUT2D eigenvalue weighted by Crippen LogP contribution is 2.21. The number of rotatable bonds is 6. The highest BCUT2D eigenvalue weighted by atomic mass is 35.5. The number of imidazole rings is 1. The van der Waals surface area contributed by atoms with Gasteiger partial charge >= 0.3 is 0 Å². The fourth-order valence-electron chi connectivity index (χ4n) is 1.98. The van der Waals surface area contributed by atoms with Crippen LogP contribution in [0.25, 0.3) is 11.0 Å². The number of hydrogen-bond donors (Lipinski definition) is 1. The van der Waals surface area contributed by atoms with Crippen LogP contribution in [0.15, 0.2) is 18.2 Å². The Balaban J connectivity index is 2.34. The zero-order chi connectivity index (χ0) is 13.0. The summed E-state index contributed by atoms with van der Waals surface area (Å²) in [6.45, 7) is 4.64. The first-order chi connectivity index (χ1) is 8.76. The smallest absolute Gasteiger partial charge is 0.135 e. The van der Waals surface area contributed by atoms with E-state index in [4.69, 9.17) is 22.1 Å². The zero-order valence-electron chi connectivity index (χ0n) is 10.5. The van der Waals surface area contributed by atoms with Crippen molar-refractivity contribution in [2.45, 2.75) is 26.5 Å². The standard InChI is InChI=1S/C13H18ClN3O/c1-2-6-17-12-4-3-10(14)8-11(12)16-13(17)9-18-7-5-15/h3-4,8H,2,5-7,9,15H2,1H3. The predicted molar refractivity (Wildman–Crippen MR) is 73.7 cm³/mol. The third-order valence-electron chi connectivity index (χ3n) is 2.73. The first-order valence-corrected chi connectivity index (χ1v) is 6.56. The summed E-state index contributed by atoms with van der Waals surface area (Å²) in [7, 11) is 0. The predicted octanol–water partition coefficient (Wildman–Crippen LogP) is 2.58. The molecule has 4 nitrogen and oxygen atoms in total. The van der Waals surface area contributed by atoms with Crippen molar-refractivity contribution in [2.24, 2.45) is 5.73 Å². The maximum atomic E-state index is 5.99. The lowest BCUT2D eigenvalue weighted by Crippen LogP contribution is -2.11. The summed E-state index contributed by atoms with van der Waals surface area (Å²) in [5.41, 5.74) is 7.44. The molecule has 0 saturated heterocycles. The van der Waals surface area contributed by atoms with E-state index in [0.717, 1.165) is 29.8 Å². The van der Waals surface area contributed by atoms with Gasteiger partial charge in [-0.2, -0.15) is 0 Å². The summed E-state index contributed by atoms with van der Waals surface area (Å²) in [6.07, 6.45) is 1.05. The number of hydrogen-bond acceptors (Lipinski definition) is 3. The average molecular weight is 268 g/mol. The Morgan fingerprint density at radius 3 is 3.00 bits per heavy atom. The Morgan fingerprint density at radius 2 is 2.28 bits per heavy atom. The molecule has 0 saturated carbocycles. The second-order valence-electron chi connectivity index (χ2n) is 4.15. The van der Waals surface area contributed by atoms with Crippen LogP contribution >= 0.6 is 11.6 Å². The molecule has 0 aliphatic carbocycles. The Labute approximate surface area is 112 Å². The van der Waals surface area contributed by atoms with Gasteiger partial charge in [-0.05, 0) is 24.6 Å². The molecule has 0 radical (unpaired) electrons. The molecule has 98 valence electrons. The molecule has 0 bridgehead atoms. The van der Waals surface area contributed by atoms with Crippen LogP contribution in [-0.2, 0) is 17.9 Å². The number of benzene rings is 1. The maximum Gasteiger partial charge on any atom is 0.135 e. The van der Waals surface area contributed by atoms with Crippen molar-refractivity contribution in [3.8, 4) is 0 Å². The van der Waals surface area contributed by atoms with Crippen LogP contribution in [0.3, 0.4) is 0 Å². The van der Waals surface area contributed by atoms with Gasteiger partial charge in [-0.25, -0.2) is 4.98 Å². The van der Waals surface area contributed by atoms with Gasteiger partial charge in [-0.1, -0.05) is 18.5 Å². The van der Waals surface area contributed by atoms with E-state index in [0.29, 0.717) is 24.8 Å². The van der Waals surface area contributed by atoms with E-state index in [2.05, 4.69) is 16.5 Å². The normalized spacial score (nSPS) is 11.3. The average Bonchev–Trinajstić information content (AvgIpc) is 2.68. The number of fused-ring (bicyclic) bond motifs is 1. The Morgan fingerprint density at radius 1 is 1.44 bits per heavy atom. The van der Waals surface area contributed by atoms with Crippen molar-refractivity contribution < 1.29 is 4.74 Å². The summed E-state index contributed by atoms with van der Waals surface area (Å²) >= 11 is 5.99. The molecule has 5 heteroatoms. The van der Waals surface area contributed by atoms with Crippen molar-refractivity contribution in [2.75, 3.05) is 13.2 Å². The first kappa shape index (κ1) is 13.3. The number of ether oxygens (including phenoxy) is 1. The lowest BCUT2D eigenvalue weighted by Gasteiger charge is -2.07. The Hall–Kier alpha value is -1.10. The summed E-state index contributed by atoms with van der Waals surface area (Å²) < 4.78 is 7.66. The molecule has 0 fully saturated rings. The third-order valence-corrected chi connectivity index (χ3v) is 2.96. The van der Waals surface area contributed by atoms with Gasteiger partial charge in [0.25, 0.3) is 0 Å². The second kappa shape index (κ2) is 6.18. The van der Waals surface area contributed by atoms with E-state index < -0.39 is 0 Å². The fourth-order valence-corrected chi connectivity index (χ4v) is 2.15. The molecule has 1 aromatic heterocycles. The lowest BCUT2D eigenvalue weighted by molar-refractivity contribution is 0.120. The van der Waals surface area contributed by atoms with E-state index in [1.54, 1.807) is 0 Å². The van der Waals surface area contributed by atoms with Crippen LogP contribution in [0.4, 0.5) is 0 Å². The molecule has 0 aliphatic rings. The summed E-state index contributed by atoms with van der Waals surface area (Å²) in [5.74, 6) is 0.933. The van der Waals surface area contributed by atoms with E-state index in [-0.39, 0.29) is 0 Å². The van der Waals surface area contributed by atoms with Gasteiger partial charge in [0, 0.05) is 18.1 Å². The van der Waals surface area contributed by atoms with Crippen molar-refractivity contribution in [1.82, 2.24) is 9.55 Å². The molecular weight excluding hydrogens is 250 g/mol. The largest absolute Gasteiger partial charge is 0.372 e. The number of nitrogens with zero attached hydrogens (tertiary/aromatic N) is 2. The van der Waals surface area contributed by atoms with Gasteiger partial charge in [-0.15, -0.1) is 0 Å². The van der Waals surface area contributed by atoms with Crippen molar-refractivity contribution in [3.05, 3.63) is 29.0 Å². The molecule has 1 heterocycles. The number of aryl methyl sites for hydroxylation is 1. The van der Waals surface area contributed by atoms with E-state index in [1.165, 1.54) is 0 Å². The van der Waals surface area contributed by atoms with Crippen LogP contribution < -0.4 is 5.73 Å². The monoisotopic (exact) mass is 267 g/mol. The molecule has 0 unspecified atom stereocenters. The summed E-state index contributed by atoms with van der Waals surface area (Å²) in [6, 6.07) is 5.78. The highest BCUT2D eigenvalue weighted by Gasteiger charge is 2.10. The van der Waals surface area contributed by atoms with Crippen LogP contribution in [0, 0.1) is 0 Å². The third kappa shape index (κ3) is 2.83. The molecule has 0 amide bonds. The van der Waals surface area contributed by atoms with Crippen LogP contribution in [0.1, 0.15) is 19.2 Å². The highest BCUT2D eigenvalue weighted by molar-refractivity contribution is 6.31. The molecule has 18 heavy (non-hydrogen) atoms. The Kier molecular flexibility index (Phi) is 4.58. The molecule has 0 atom stereocenters. The molecular formula is C13H18ClN3O. The van der Waals surface area contributed by atoms with Crippen LogP contribution in [-0.4, -0.2) is 22.7 Å². The first-order valence-electron chi connectivity index (χ1n) is 6.18. The minimum atomic E-state index is 0.490. The Bertz CT molecular complexity index is 524. The van der Waals surface area contributed by atoms with Crippen molar-refractivity contribution >= 4 is 22.6 Å². The number of halogens is 1. The van der Waals surface area contributed by atoms with Crippen molar-refractivity contribution in [3.63, 3.8) is 0 Å². The maximum absolute atomic E-state index is 5.99. The molecule has 1 aromatic carbocycles. The molecule has 2 aromatic rings. The molecule has 0 aliphatic heterocycles. The zero-order valence-corrected chi connectivity index (χ0v) is 11.3. The SMILES string of the molecule is CCCn1c(COCCN)nc2cc(Cl)ccc21. The van der Waals surface area contributed by atoms with Gasteiger partial charge in [-0.3, -0.25) is 0 Å². The van der Waals surface area contributed by atoms with Gasteiger partial charge in [0.05, 0.1) is 17.6 Å². The van der Waals surface area contributed by atoms with E-state index >= 15 is 0 Å². The summed E-state index contributed by atoms with van der Waals surface area (Å²) in [4.78, 5) is 4.58. The number of aromatic nitrogens is 2. The van der Waals surface area contributed by atoms with Crippen LogP contribution in [0.5, 0.6) is 0 Å². The molecule has 2 N–H and O–H groups in total. The lowest BCUT2D eigenvalue weighted by atomic mass is 10.3. The second-order valence-corrected chi connectivity index (χ2v) is 4.59. The topological polar surface area (TPSA) is 53.1 Å². The van der Waals surface area contributed by atoms with E-state index in [9.17, 15) is 0 Å². The summed E-state index contributed by atoms with van der Waals surface area (Å²) in [5, 5.41) is 0.707. The van der Waals surface area contributed by atoms with E-state index in [1.807, 2.05) is 18.2 Å². The molecule has 0 spiro atoms. The molecule has 2 rings (SSSR count). The van der Waals surface area contributed by atoms with Gasteiger partial charge in [0.2, 0.25) is 0 Å². The quantitative estimate of drug-likeness (QED) is 0.819. The van der Waals surface area contributed by atoms with Gasteiger partial charge < -0.3 is 15.0 Å². The minimum Gasteiger partial charge on any atom is -0.372 e. The van der Waals surface area contributed by atoms with Crippen molar-refractivity contribution in [1.29, 1.82) is 0 Å². The fraction of sp³-hybridized carbons (Fsp3) is 0.462.